The van der Waals surface area contributed by atoms with Gasteiger partial charge in [0, 0.05) is 38.3 Å². The van der Waals surface area contributed by atoms with Gasteiger partial charge in [0.25, 0.3) is 0 Å². The van der Waals surface area contributed by atoms with Crippen molar-refractivity contribution in [1.82, 2.24) is 14.8 Å². The summed E-state index contributed by atoms with van der Waals surface area (Å²) in [5.41, 5.74) is 1.09. The number of likely N-dealkylation sites (tertiary alicyclic amines) is 2. The first-order chi connectivity index (χ1) is 11.5. The first-order valence-corrected chi connectivity index (χ1v) is 8.61. The van der Waals surface area contributed by atoms with Gasteiger partial charge in [-0.15, -0.1) is 0 Å². The van der Waals surface area contributed by atoms with E-state index < -0.39 is 12.0 Å². The molecule has 1 N–H and O–H groups in total. The lowest BCUT2D eigenvalue weighted by Gasteiger charge is -2.39. The zero-order valence-corrected chi connectivity index (χ0v) is 14.1. The summed E-state index contributed by atoms with van der Waals surface area (Å²) in [5.74, 6) is -1.00. The second-order valence-electron chi connectivity index (χ2n) is 7.12. The van der Waals surface area contributed by atoms with Gasteiger partial charge in [0.1, 0.15) is 6.04 Å². The third-order valence-electron chi connectivity index (χ3n) is 5.52. The number of aromatic nitrogens is 1. The van der Waals surface area contributed by atoms with E-state index in [1.807, 2.05) is 24.4 Å². The normalized spacial score (nSPS) is 23.5. The molecule has 1 aromatic heterocycles. The molecule has 0 aromatic carbocycles. The highest BCUT2D eigenvalue weighted by atomic mass is 16.4. The van der Waals surface area contributed by atoms with Crippen LogP contribution in [0.25, 0.3) is 0 Å². The standard InChI is InChI=1S/C18H25N3O3/c1-14(22)21-13-18(12-16(21)17(23)24)6-10-20(11-7-18)9-5-15-4-2-3-8-19-15/h2-4,8,16H,5-7,9-13H2,1H3,(H,23,24)/t16-/m0/s1. The number of carboxylic acids is 1. The molecule has 1 atom stereocenters. The molecule has 0 bridgehead atoms. The van der Waals surface area contributed by atoms with Crippen molar-refractivity contribution in [2.45, 2.75) is 38.6 Å². The van der Waals surface area contributed by atoms with Gasteiger partial charge in [-0.05, 0) is 49.9 Å². The van der Waals surface area contributed by atoms with Crippen molar-refractivity contribution < 1.29 is 14.7 Å². The predicted octanol–water partition coefficient (Wildman–Crippen LogP) is 1.41. The molecule has 1 amide bonds. The number of hydrogen-bond donors (Lipinski definition) is 1. The van der Waals surface area contributed by atoms with E-state index in [-0.39, 0.29) is 11.3 Å². The van der Waals surface area contributed by atoms with Crippen molar-refractivity contribution in [2.24, 2.45) is 5.41 Å². The van der Waals surface area contributed by atoms with Crippen LogP contribution in [0.1, 0.15) is 31.9 Å². The van der Waals surface area contributed by atoms with Crippen LogP contribution in [0.4, 0.5) is 0 Å². The van der Waals surface area contributed by atoms with E-state index in [1.54, 1.807) is 4.90 Å². The highest BCUT2D eigenvalue weighted by molar-refractivity contribution is 5.83. The fourth-order valence-corrected chi connectivity index (χ4v) is 4.04. The van der Waals surface area contributed by atoms with E-state index in [4.69, 9.17) is 0 Å². The number of nitrogens with zero attached hydrogens (tertiary/aromatic N) is 3. The van der Waals surface area contributed by atoms with E-state index >= 15 is 0 Å². The molecule has 1 aromatic rings. The van der Waals surface area contributed by atoms with Gasteiger partial charge >= 0.3 is 5.97 Å². The average molecular weight is 331 g/mol. The van der Waals surface area contributed by atoms with E-state index in [1.165, 1.54) is 6.92 Å². The number of carbonyl (C=O) groups is 2. The molecule has 3 rings (SSSR count). The summed E-state index contributed by atoms with van der Waals surface area (Å²) in [6, 6.07) is 5.33. The lowest BCUT2D eigenvalue weighted by atomic mass is 9.76. The molecule has 0 saturated carbocycles. The number of hydrogen-bond acceptors (Lipinski definition) is 4. The molecule has 6 nitrogen and oxygen atoms in total. The molecule has 2 aliphatic rings. The summed E-state index contributed by atoms with van der Waals surface area (Å²) < 4.78 is 0. The van der Waals surface area contributed by atoms with Crippen LogP contribution in [0.3, 0.4) is 0 Å². The number of rotatable bonds is 4. The lowest BCUT2D eigenvalue weighted by molar-refractivity contribution is -0.147. The average Bonchev–Trinajstić information content (AvgIpc) is 2.96. The van der Waals surface area contributed by atoms with Crippen LogP contribution in [0.15, 0.2) is 24.4 Å². The van der Waals surface area contributed by atoms with Crippen molar-refractivity contribution in [1.29, 1.82) is 0 Å². The minimum absolute atomic E-state index is 0.0176. The Kier molecular flexibility index (Phi) is 4.85. The van der Waals surface area contributed by atoms with Crippen molar-refractivity contribution in [3.63, 3.8) is 0 Å². The number of carbonyl (C=O) groups excluding carboxylic acids is 1. The zero-order chi connectivity index (χ0) is 17.2. The van der Waals surface area contributed by atoms with E-state index in [2.05, 4.69) is 9.88 Å². The Hall–Kier alpha value is -1.95. The van der Waals surface area contributed by atoms with E-state index in [0.29, 0.717) is 13.0 Å². The lowest BCUT2D eigenvalue weighted by Crippen LogP contribution is -2.43. The van der Waals surface area contributed by atoms with Crippen LogP contribution in [0.2, 0.25) is 0 Å². The van der Waals surface area contributed by atoms with Gasteiger partial charge in [-0.2, -0.15) is 0 Å². The SMILES string of the molecule is CC(=O)N1CC2(CCN(CCc3ccccn3)CC2)C[C@H]1C(=O)O. The summed E-state index contributed by atoms with van der Waals surface area (Å²) in [7, 11) is 0. The molecule has 1 spiro atoms. The smallest absolute Gasteiger partial charge is 0.326 e. The molecule has 2 fully saturated rings. The molecule has 130 valence electrons. The van der Waals surface area contributed by atoms with Gasteiger partial charge in [0.2, 0.25) is 5.91 Å². The minimum atomic E-state index is -0.875. The third-order valence-corrected chi connectivity index (χ3v) is 5.52. The maximum atomic E-state index is 11.8. The van der Waals surface area contributed by atoms with Crippen LogP contribution < -0.4 is 0 Å². The van der Waals surface area contributed by atoms with E-state index in [9.17, 15) is 14.7 Å². The van der Waals surface area contributed by atoms with Gasteiger partial charge in [-0.1, -0.05) is 6.07 Å². The Morgan fingerprint density at radius 3 is 2.62 bits per heavy atom. The fourth-order valence-electron chi connectivity index (χ4n) is 4.04. The van der Waals surface area contributed by atoms with E-state index in [0.717, 1.165) is 44.6 Å². The van der Waals surface area contributed by atoms with Crippen molar-refractivity contribution in [2.75, 3.05) is 26.2 Å². The minimum Gasteiger partial charge on any atom is -0.480 e. The second kappa shape index (κ2) is 6.89. The number of carboxylic acid groups (broad SMARTS) is 1. The Labute approximate surface area is 142 Å². The topological polar surface area (TPSA) is 73.7 Å². The van der Waals surface area contributed by atoms with Gasteiger partial charge in [-0.3, -0.25) is 9.78 Å². The molecule has 2 saturated heterocycles. The fraction of sp³-hybridized carbons (Fsp3) is 0.611. The molecule has 0 radical (unpaired) electrons. The number of piperidine rings is 1. The Morgan fingerprint density at radius 2 is 2.08 bits per heavy atom. The highest BCUT2D eigenvalue weighted by Crippen LogP contribution is 2.43. The maximum Gasteiger partial charge on any atom is 0.326 e. The monoisotopic (exact) mass is 331 g/mol. The van der Waals surface area contributed by atoms with Crippen molar-refractivity contribution >= 4 is 11.9 Å². The van der Waals surface area contributed by atoms with Crippen molar-refractivity contribution in [3.8, 4) is 0 Å². The van der Waals surface area contributed by atoms with Crippen LogP contribution >= 0.6 is 0 Å². The number of aliphatic carboxylic acids is 1. The van der Waals surface area contributed by atoms with Crippen LogP contribution in [0.5, 0.6) is 0 Å². The quantitative estimate of drug-likeness (QED) is 0.903. The highest BCUT2D eigenvalue weighted by Gasteiger charge is 2.48. The Morgan fingerprint density at radius 1 is 1.33 bits per heavy atom. The first-order valence-electron chi connectivity index (χ1n) is 8.61. The van der Waals surface area contributed by atoms with Gasteiger partial charge in [-0.25, -0.2) is 4.79 Å². The zero-order valence-electron chi connectivity index (χ0n) is 14.1. The molecule has 3 heterocycles. The summed E-state index contributed by atoms with van der Waals surface area (Å²) in [5, 5.41) is 9.40. The molecular formula is C18H25N3O3. The molecule has 2 aliphatic heterocycles. The summed E-state index contributed by atoms with van der Waals surface area (Å²) in [6.07, 6.45) is 5.27. The molecule has 0 unspecified atom stereocenters. The second-order valence-corrected chi connectivity index (χ2v) is 7.12. The molecular weight excluding hydrogens is 306 g/mol. The molecule has 0 aliphatic carbocycles. The largest absolute Gasteiger partial charge is 0.480 e. The Bertz CT molecular complexity index is 573. The Balaban J connectivity index is 1.54. The summed E-state index contributed by atoms with van der Waals surface area (Å²) >= 11 is 0. The van der Waals surface area contributed by atoms with Crippen LogP contribution in [0, 0.1) is 5.41 Å². The molecule has 6 heteroatoms. The van der Waals surface area contributed by atoms with Gasteiger partial charge in [0.15, 0.2) is 0 Å². The van der Waals surface area contributed by atoms with Gasteiger partial charge in [0.05, 0.1) is 0 Å². The van der Waals surface area contributed by atoms with Crippen LogP contribution in [-0.4, -0.2) is 64.0 Å². The number of pyridine rings is 1. The van der Waals surface area contributed by atoms with Crippen LogP contribution in [-0.2, 0) is 16.0 Å². The first kappa shape index (κ1) is 16.9. The third kappa shape index (κ3) is 3.59. The van der Waals surface area contributed by atoms with Gasteiger partial charge < -0.3 is 14.9 Å². The van der Waals surface area contributed by atoms with Crippen molar-refractivity contribution in [3.05, 3.63) is 30.1 Å². The maximum absolute atomic E-state index is 11.8. The predicted molar refractivity (Wildman–Crippen MR) is 89.5 cm³/mol. The molecule has 24 heavy (non-hydrogen) atoms. The summed E-state index contributed by atoms with van der Waals surface area (Å²) in [6.45, 7) is 4.96. The summed E-state index contributed by atoms with van der Waals surface area (Å²) in [4.78, 5) is 31.5. The number of amides is 1.